The first kappa shape index (κ1) is 15.0. The fourth-order valence-corrected chi connectivity index (χ4v) is 2.18. The van der Waals surface area contributed by atoms with Crippen molar-refractivity contribution in [2.75, 3.05) is 6.54 Å². The number of carbonyl (C=O) groups is 2. The molecule has 3 N–H and O–H groups in total. The van der Waals surface area contributed by atoms with Crippen LogP contribution in [-0.4, -0.2) is 27.9 Å². The lowest BCUT2D eigenvalue weighted by molar-refractivity contribution is -0.121. The van der Waals surface area contributed by atoms with E-state index in [1.807, 2.05) is 0 Å². The summed E-state index contributed by atoms with van der Waals surface area (Å²) in [6, 6.07) is 5.80. The fraction of sp³-hybridized carbons (Fsp3) is 0.231. The van der Waals surface area contributed by atoms with Crippen LogP contribution in [0.2, 0.25) is 0 Å². The number of hydrogen-bond acceptors (Lipinski definition) is 5. The highest BCUT2D eigenvalue weighted by atomic mass is 32.1. The summed E-state index contributed by atoms with van der Waals surface area (Å²) in [6.45, 7) is 0.101. The van der Waals surface area contributed by atoms with Gasteiger partial charge in [-0.2, -0.15) is 0 Å². The molecule has 8 heteroatoms. The molecule has 0 saturated carbocycles. The molecule has 110 valence electrons. The molecule has 0 bridgehead atoms. The van der Waals surface area contributed by atoms with Crippen LogP contribution in [0.5, 0.6) is 0 Å². The Labute approximate surface area is 124 Å². The van der Waals surface area contributed by atoms with Crippen LogP contribution in [-0.2, 0) is 11.2 Å². The van der Waals surface area contributed by atoms with Crippen LogP contribution in [0.3, 0.4) is 0 Å². The van der Waals surface area contributed by atoms with Crippen LogP contribution in [0.15, 0.2) is 30.5 Å². The molecule has 0 aliphatic carbocycles. The molecule has 1 aromatic carbocycles. The van der Waals surface area contributed by atoms with Gasteiger partial charge in [0.2, 0.25) is 5.91 Å². The first-order valence-electron chi connectivity index (χ1n) is 6.15. The van der Waals surface area contributed by atoms with E-state index >= 15 is 0 Å². The first-order valence-corrected chi connectivity index (χ1v) is 6.93. The lowest BCUT2D eigenvalue weighted by Crippen LogP contribution is -2.37. The van der Waals surface area contributed by atoms with Crippen molar-refractivity contribution in [2.24, 2.45) is 11.7 Å². The standard InChI is InChI=1S/C13H13FN4O2S/c14-10-3-1-8(2-4-10)5-9(12(15)19)6-16-13(20)11-7-17-18-21-11/h1-4,7,9H,5-6H2,(H2,15,19)(H,16,20)/t9-/m0/s1. The zero-order chi connectivity index (χ0) is 15.2. The molecule has 0 aliphatic rings. The summed E-state index contributed by atoms with van der Waals surface area (Å²) in [5.41, 5.74) is 6.11. The normalized spacial score (nSPS) is 11.9. The Morgan fingerprint density at radius 3 is 2.62 bits per heavy atom. The molecule has 0 spiro atoms. The van der Waals surface area contributed by atoms with Crippen molar-refractivity contribution in [3.8, 4) is 0 Å². The second kappa shape index (κ2) is 6.89. The molecule has 1 atom stereocenters. The topological polar surface area (TPSA) is 98.0 Å². The predicted octanol–water partition coefficient (Wildman–Crippen LogP) is 0.751. The molecule has 0 unspecified atom stereocenters. The summed E-state index contributed by atoms with van der Waals surface area (Å²) in [5, 5.41) is 6.18. The SMILES string of the molecule is NC(=O)[C@H](CNC(=O)c1cnns1)Cc1ccc(F)cc1. The van der Waals surface area contributed by atoms with Crippen molar-refractivity contribution in [3.05, 3.63) is 46.7 Å². The largest absolute Gasteiger partial charge is 0.369 e. The highest BCUT2D eigenvalue weighted by Crippen LogP contribution is 2.10. The van der Waals surface area contributed by atoms with Crippen molar-refractivity contribution in [3.63, 3.8) is 0 Å². The number of rotatable bonds is 6. The molecule has 1 aromatic heterocycles. The summed E-state index contributed by atoms with van der Waals surface area (Å²) in [4.78, 5) is 23.6. The van der Waals surface area contributed by atoms with Gasteiger partial charge in [0.05, 0.1) is 12.1 Å². The van der Waals surface area contributed by atoms with Gasteiger partial charge < -0.3 is 11.1 Å². The van der Waals surface area contributed by atoms with Gasteiger partial charge in [-0.05, 0) is 35.6 Å². The van der Waals surface area contributed by atoms with Gasteiger partial charge in [-0.1, -0.05) is 16.6 Å². The van der Waals surface area contributed by atoms with E-state index < -0.39 is 11.8 Å². The van der Waals surface area contributed by atoms with E-state index in [4.69, 9.17) is 5.73 Å². The lowest BCUT2D eigenvalue weighted by Gasteiger charge is -2.14. The van der Waals surface area contributed by atoms with Crippen molar-refractivity contribution in [2.45, 2.75) is 6.42 Å². The van der Waals surface area contributed by atoms with E-state index in [0.717, 1.165) is 17.1 Å². The van der Waals surface area contributed by atoms with Crippen LogP contribution in [0.4, 0.5) is 4.39 Å². The average molecular weight is 308 g/mol. The van der Waals surface area contributed by atoms with E-state index in [2.05, 4.69) is 14.9 Å². The maximum Gasteiger partial charge on any atom is 0.264 e. The number of nitrogens with zero attached hydrogens (tertiary/aromatic N) is 2. The average Bonchev–Trinajstić information content (AvgIpc) is 2.99. The summed E-state index contributed by atoms with van der Waals surface area (Å²) >= 11 is 0.966. The molecule has 6 nitrogen and oxygen atoms in total. The molecule has 0 radical (unpaired) electrons. The second-order valence-corrected chi connectivity index (χ2v) is 5.21. The van der Waals surface area contributed by atoms with Gasteiger partial charge in [0, 0.05) is 6.54 Å². The van der Waals surface area contributed by atoms with Crippen LogP contribution < -0.4 is 11.1 Å². The first-order chi connectivity index (χ1) is 10.1. The number of benzene rings is 1. The monoisotopic (exact) mass is 308 g/mol. The van der Waals surface area contributed by atoms with E-state index in [9.17, 15) is 14.0 Å². The maximum atomic E-state index is 12.8. The van der Waals surface area contributed by atoms with Gasteiger partial charge in [0.1, 0.15) is 10.7 Å². The molecule has 0 saturated heterocycles. The minimum absolute atomic E-state index is 0.101. The Morgan fingerprint density at radius 1 is 1.33 bits per heavy atom. The Balaban J connectivity index is 1.94. The Morgan fingerprint density at radius 2 is 2.05 bits per heavy atom. The highest BCUT2D eigenvalue weighted by molar-refractivity contribution is 7.07. The Bertz CT molecular complexity index is 616. The molecular formula is C13H13FN4O2S. The van der Waals surface area contributed by atoms with Gasteiger partial charge in [0.15, 0.2) is 0 Å². The summed E-state index contributed by atoms with van der Waals surface area (Å²) in [5.74, 6) is -1.79. The van der Waals surface area contributed by atoms with Crippen molar-refractivity contribution < 1.29 is 14.0 Å². The number of hydrogen-bond donors (Lipinski definition) is 2. The third kappa shape index (κ3) is 4.32. The van der Waals surface area contributed by atoms with Gasteiger partial charge >= 0.3 is 0 Å². The zero-order valence-electron chi connectivity index (χ0n) is 11.0. The maximum absolute atomic E-state index is 12.8. The van der Waals surface area contributed by atoms with Crippen LogP contribution in [0.25, 0.3) is 0 Å². The van der Waals surface area contributed by atoms with Crippen LogP contribution in [0.1, 0.15) is 15.2 Å². The molecular weight excluding hydrogens is 295 g/mol. The number of halogens is 1. The number of aromatic nitrogens is 2. The molecule has 1 heterocycles. The Hall–Kier alpha value is -2.35. The fourth-order valence-electron chi connectivity index (χ4n) is 1.75. The number of carbonyl (C=O) groups excluding carboxylic acids is 2. The summed E-state index contributed by atoms with van der Waals surface area (Å²) in [6.07, 6.45) is 1.68. The number of nitrogens with one attached hydrogen (secondary N) is 1. The van der Waals surface area contributed by atoms with Gasteiger partial charge in [-0.25, -0.2) is 4.39 Å². The van der Waals surface area contributed by atoms with E-state index in [0.29, 0.717) is 11.3 Å². The molecule has 0 aliphatic heterocycles. The van der Waals surface area contributed by atoms with Gasteiger partial charge in [-0.15, -0.1) is 5.10 Å². The third-order valence-electron chi connectivity index (χ3n) is 2.89. The van der Waals surface area contributed by atoms with Crippen LogP contribution in [0, 0.1) is 11.7 Å². The lowest BCUT2D eigenvalue weighted by atomic mass is 9.98. The number of amides is 2. The summed E-state index contributed by atoms with van der Waals surface area (Å²) < 4.78 is 16.4. The smallest absolute Gasteiger partial charge is 0.264 e. The third-order valence-corrected chi connectivity index (χ3v) is 3.56. The van der Waals surface area contributed by atoms with Crippen LogP contribution >= 0.6 is 11.5 Å². The minimum Gasteiger partial charge on any atom is -0.369 e. The molecule has 2 amide bonds. The van der Waals surface area contributed by atoms with Crippen molar-refractivity contribution >= 4 is 23.3 Å². The number of nitrogens with two attached hydrogens (primary N) is 1. The van der Waals surface area contributed by atoms with Gasteiger partial charge in [0.25, 0.3) is 5.91 Å². The highest BCUT2D eigenvalue weighted by Gasteiger charge is 2.18. The molecule has 21 heavy (non-hydrogen) atoms. The molecule has 2 aromatic rings. The van der Waals surface area contributed by atoms with E-state index in [-0.39, 0.29) is 18.3 Å². The van der Waals surface area contributed by atoms with Crippen molar-refractivity contribution in [1.82, 2.24) is 14.9 Å². The van der Waals surface area contributed by atoms with E-state index in [1.54, 1.807) is 12.1 Å². The number of primary amides is 1. The zero-order valence-corrected chi connectivity index (χ0v) is 11.8. The predicted molar refractivity (Wildman–Crippen MR) is 75.0 cm³/mol. The summed E-state index contributed by atoms with van der Waals surface area (Å²) in [7, 11) is 0. The quantitative estimate of drug-likeness (QED) is 0.823. The van der Waals surface area contributed by atoms with Gasteiger partial charge in [-0.3, -0.25) is 9.59 Å². The van der Waals surface area contributed by atoms with E-state index in [1.165, 1.54) is 18.3 Å². The second-order valence-electron chi connectivity index (χ2n) is 4.42. The molecule has 2 rings (SSSR count). The van der Waals surface area contributed by atoms with Crippen molar-refractivity contribution in [1.29, 1.82) is 0 Å². The minimum atomic E-state index is -0.569. The molecule has 0 fully saturated rings. The Kier molecular flexibility index (Phi) is 4.94.